The van der Waals surface area contributed by atoms with Crippen LogP contribution in [0.3, 0.4) is 0 Å². The van der Waals surface area contributed by atoms with Crippen molar-refractivity contribution in [1.82, 2.24) is 20.3 Å². The number of carbonyl (C=O) groups is 1. The van der Waals surface area contributed by atoms with Crippen molar-refractivity contribution in [2.75, 3.05) is 20.8 Å². The highest BCUT2D eigenvalue weighted by atomic mass is 16.5. The SMILES string of the molecule is COc1ccc(CCNC(=O)CCc2c(C)nc(-c3ccncc3)[nH]c2=O)cc1OC. The summed E-state index contributed by atoms with van der Waals surface area (Å²) in [5.41, 5.74) is 2.73. The van der Waals surface area contributed by atoms with Gasteiger partial charge in [-0.3, -0.25) is 14.6 Å². The summed E-state index contributed by atoms with van der Waals surface area (Å²) < 4.78 is 10.5. The van der Waals surface area contributed by atoms with Gasteiger partial charge in [0.05, 0.1) is 14.2 Å². The van der Waals surface area contributed by atoms with Gasteiger partial charge in [0.2, 0.25) is 5.91 Å². The Morgan fingerprint density at radius 3 is 2.48 bits per heavy atom. The molecule has 0 saturated carbocycles. The van der Waals surface area contributed by atoms with Gasteiger partial charge in [0.1, 0.15) is 5.82 Å². The van der Waals surface area contributed by atoms with Gasteiger partial charge in [-0.1, -0.05) is 6.07 Å². The fraction of sp³-hybridized carbons (Fsp3) is 0.304. The van der Waals surface area contributed by atoms with Crippen LogP contribution in [-0.4, -0.2) is 41.6 Å². The Bertz CT molecular complexity index is 1100. The van der Waals surface area contributed by atoms with Crippen molar-refractivity contribution in [1.29, 1.82) is 0 Å². The molecular formula is C23H26N4O4. The minimum Gasteiger partial charge on any atom is -0.493 e. The number of nitrogens with zero attached hydrogens (tertiary/aromatic N) is 2. The van der Waals surface area contributed by atoms with Gasteiger partial charge in [-0.25, -0.2) is 4.98 Å². The summed E-state index contributed by atoms with van der Waals surface area (Å²) in [6.45, 7) is 2.27. The molecule has 8 heteroatoms. The van der Waals surface area contributed by atoms with Gasteiger partial charge in [-0.2, -0.15) is 0 Å². The van der Waals surface area contributed by atoms with Crippen LogP contribution in [0.15, 0.2) is 47.5 Å². The standard InChI is InChI=1S/C23H26N4O4/c1-15-18(23(29)27-22(26-15)17-9-11-24-12-10-17)5-7-21(28)25-13-8-16-4-6-19(30-2)20(14-16)31-3/h4,6,9-12,14H,5,7-8,13H2,1-3H3,(H,25,28)(H,26,27,29). The predicted molar refractivity (Wildman–Crippen MR) is 117 cm³/mol. The van der Waals surface area contributed by atoms with Gasteiger partial charge in [-0.15, -0.1) is 0 Å². The van der Waals surface area contributed by atoms with Crippen molar-refractivity contribution >= 4 is 5.91 Å². The number of hydrogen-bond acceptors (Lipinski definition) is 6. The number of ether oxygens (including phenoxy) is 2. The van der Waals surface area contributed by atoms with Gasteiger partial charge in [-0.05, 0) is 49.6 Å². The van der Waals surface area contributed by atoms with Crippen LogP contribution in [-0.2, 0) is 17.6 Å². The molecule has 0 aliphatic heterocycles. The summed E-state index contributed by atoms with van der Waals surface area (Å²) >= 11 is 0. The maximum Gasteiger partial charge on any atom is 0.254 e. The minimum atomic E-state index is -0.225. The van der Waals surface area contributed by atoms with Crippen LogP contribution in [0.5, 0.6) is 11.5 Å². The number of aromatic amines is 1. The van der Waals surface area contributed by atoms with Crippen LogP contribution in [0.25, 0.3) is 11.4 Å². The lowest BCUT2D eigenvalue weighted by molar-refractivity contribution is -0.121. The Balaban J connectivity index is 1.53. The molecule has 162 valence electrons. The highest BCUT2D eigenvalue weighted by molar-refractivity contribution is 5.76. The molecule has 0 fully saturated rings. The molecule has 0 unspecified atom stereocenters. The van der Waals surface area contributed by atoms with Crippen molar-refractivity contribution in [3.63, 3.8) is 0 Å². The Morgan fingerprint density at radius 1 is 1.06 bits per heavy atom. The van der Waals surface area contributed by atoms with Crippen molar-refractivity contribution < 1.29 is 14.3 Å². The van der Waals surface area contributed by atoms with Crippen molar-refractivity contribution in [2.24, 2.45) is 0 Å². The lowest BCUT2D eigenvalue weighted by Gasteiger charge is -2.10. The third-order valence-electron chi connectivity index (χ3n) is 4.96. The molecule has 2 N–H and O–H groups in total. The Hall–Kier alpha value is -3.68. The van der Waals surface area contributed by atoms with E-state index in [-0.39, 0.29) is 17.9 Å². The first-order chi connectivity index (χ1) is 15.0. The Labute approximate surface area is 180 Å². The molecule has 0 aliphatic rings. The second-order valence-electron chi connectivity index (χ2n) is 7.00. The number of aryl methyl sites for hydroxylation is 1. The quantitative estimate of drug-likeness (QED) is 0.549. The average Bonchev–Trinajstić information content (AvgIpc) is 2.78. The van der Waals surface area contributed by atoms with E-state index in [0.717, 1.165) is 11.1 Å². The van der Waals surface area contributed by atoms with Crippen molar-refractivity contribution in [3.05, 3.63) is 69.9 Å². The third-order valence-corrected chi connectivity index (χ3v) is 4.96. The molecule has 2 heterocycles. The number of nitrogens with one attached hydrogen (secondary N) is 2. The first-order valence-electron chi connectivity index (χ1n) is 9.99. The highest BCUT2D eigenvalue weighted by Gasteiger charge is 2.12. The minimum absolute atomic E-state index is 0.113. The molecule has 0 aliphatic carbocycles. The number of methoxy groups -OCH3 is 2. The first kappa shape index (κ1) is 22.0. The number of hydrogen-bond donors (Lipinski definition) is 2. The van der Waals surface area contributed by atoms with E-state index in [1.807, 2.05) is 18.2 Å². The molecular weight excluding hydrogens is 396 g/mol. The molecule has 0 atom stereocenters. The normalized spacial score (nSPS) is 10.5. The van der Waals surface area contributed by atoms with Crippen LogP contribution >= 0.6 is 0 Å². The zero-order valence-corrected chi connectivity index (χ0v) is 17.9. The maximum absolute atomic E-state index is 12.5. The molecule has 8 nitrogen and oxygen atoms in total. The average molecular weight is 422 g/mol. The van der Waals surface area contributed by atoms with Gasteiger partial charge in [0.15, 0.2) is 11.5 Å². The predicted octanol–water partition coefficient (Wildman–Crippen LogP) is 2.45. The zero-order valence-electron chi connectivity index (χ0n) is 17.9. The fourth-order valence-electron chi connectivity index (χ4n) is 3.26. The molecule has 3 rings (SSSR count). The second-order valence-corrected chi connectivity index (χ2v) is 7.00. The second kappa shape index (κ2) is 10.4. The van der Waals surface area contributed by atoms with E-state index in [9.17, 15) is 9.59 Å². The number of aromatic nitrogens is 3. The molecule has 0 spiro atoms. The summed E-state index contributed by atoms with van der Waals surface area (Å²) in [5, 5.41) is 2.89. The maximum atomic E-state index is 12.5. The van der Waals surface area contributed by atoms with E-state index in [0.29, 0.717) is 48.0 Å². The summed E-state index contributed by atoms with van der Waals surface area (Å²) in [6, 6.07) is 9.23. The number of rotatable bonds is 9. The van der Waals surface area contributed by atoms with Crippen LogP contribution < -0.4 is 20.3 Å². The van der Waals surface area contributed by atoms with Crippen molar-refractivity contribution in [3.8, 4) is 22.9 Å². The van der Waals surface area contributed by atoms with E-state index in [4.69, 9.17) is 9.47 Å². The van der Waals surface area contributed by atoms with Crippen LogP contribution in [0.4, 0.5) is 0 Å². The summed E-state index contributed by atoms with van der Waals surface area (Å²) in [4.78, 5) is 36.0. The number of carbonyl (C=O) groups excluding carboxylic acids is 1. The van der Waals surface area contributed by atoms with E-state index in [2.05, 4.69) is 20.3 Å². The topological polar surface area (TPSA) is 106 Å². The van der Waals surface area contributed by atoms with E-state index in [1.54, 1.807) is 45.7 Å². The first-order valence-corrected chi connectivity index (χ1v) is 9.99. The molecule has 2 aromatic heterocycles. The summed E-state index contributed by atoms with van der Waals surface area (Å²) in [5.74, 6) is 1.70. The van der Waals surface area contributed by atoms with E-state index in [1.165, 1.54) is 0 Å². The zero-order chi connectivity index (χ0) is 22.2. The molecule has 0 radical (unpaired) electrons. The number of amides is 1. The number of pyridine rings is 1. The lowest BCUT2D eigenvalue weighted by Crippen LogP contribution is -2.27. The van der Waals surface area contributed by atoms with Gasteiger partial charge in [0.25, 0.3) is 5.56 Å². The van der Waals surface area contributed by atoms with Gasteiger partial charge < -0.3 is 19.8 Å². The fourth-order valence-corrected chi connectivity index (χ4v) is 3.26. The molecule has 31 heavy (non-hydrogen) atoms. The van der Waals surface area contributed by atoms with Gasteiger partial charge in [0, 0.05) is 42.2 Å². The van der Waals surface area contributed by atoms with Crippen LogP contribution in [0.2, 0.25) is 0 Å². The van der Waals surface area contributed by atoms with Crippen LogP contribution in [0.1, 0.15) is 23.2 Å². The lowest BCUT2D eigenvalue weighted by atomic mass is 10.1. The molecule has 0 saturated heterocycles. The van der Waals surface area contributed by atoms with Crippen LogP contribution in [0, 0.1) is 6.92 Å². The summed E-state index contributed by atoms with van der Waals surface area (Å²) in [7, 11) is 3.18. The molecule has 3 aromatic rings. The van der Waals surface area contributed by atoms with Crippen molar-refractivity contribution in [2.45, 2.75) is 26.2 Å². The third kappa shape index (κ3) is 5.69. The largest absolute Gasteiger partial charge is 0.493 e. The smallest absolute Gasteiger partial charge is 0.254 e. The summed E-state index contributed by atoms with van der Waals surface area (Å²) in [6.07, 6.45) is 4.49. The highest BCUT2D eigenvalue weighted by Crippen LogP contribution is 2.27. The Kier molecular flexibility index (Phi) is 7.37. The monoisotopic (exact) mass is 422 g/mol. The molecule has 1 amide bonds. The van der Waals surface area contributed by atoms with E-state index < -0.39 is 0 Å². The number of benzene rings is 1. The molecule has 0 bridgehead atoms. The van der Waals surface area contributed by atoms with E-state index >= 15 is 0 Å². The Morgan fingerprint density at radius 2 is 1.81 bits per heavy atom. The van der Waals surface area contributed by atoms with Gasteiger partial charge >= 0.3 is 0 Å². The number of H-pyrrole nitrogens is 1. The molecule has 1 aromatic carbocycles.